The normalized spacial score (nSPS) is 10.8. The van der Waals surface area contributed by atoms with Crippen LogP contribution >= 0.6 is 11.6 Å². The zero-order chi connectivity index (χ0) is 19.8. The Morgan fingerprint density at radius 2 is 1.79 bits per heavy atom. The monoisotopic (exact) mass is 399 g/mol. The summed E-state index contributed by atoms with van der Waals surface area (Å²) in [7, 11) is 1.59. The maximum Gasteiger partial charge on any atom is 0.162 e. The summed E-state index contributed by atoms with van der Waals surface area (Å²) in [5.74, 6) is 0.850. The van der Waals surface area contributed by atoms with Gasteiger partial charge in [-0.05, 0) is 35.9 Å². The summed E-state index contributed by atoms with van der Waals surface area (Å²) < 4.78 is 24.3. The van der Waals surface area contributed by atoms with Gasteiger partial charge < -0.3 is 14.3 Å². The van der Waals surface area contributed by atoms with Crippen molar-refractivity contribution in [2.75, 3.05) is 7.11 Å². The zero-order valence-electron chi connectivity index (χ0n) is 15.3. The number of methoxy groups -OCH3 is 1. The molecule has 0 aromatic heterocycles. The van der Waals surface area contributed by atoms with Crippen LogP contribution in [0.1, 0.15) is 16.7 Å². The molecule has 28 heavy (non-hydrogen) atoms. The number of rotatable bonds is 8. The fourth-order valence-electron chi connectivity index (χ4n) is 2.47. The van der Waals surface area contributed by atoms with Gasteiger partial charge in [0.05, 0.1) is 18.3 Å². The van der Waals surface area contributed by atoms with Crippen molar-refractivity contribution in [1.82, 2.24) is 0 Å². The van der Waals surface area contributed by atoms with E-state index in [4.69, 9.17) is 25.9 Å². The lowest BCUT2D eigenvalue weighted by atomic mass is 10.2. The van der Waals surface area contributed by atoms with E-state index in [1.807, 2.05) is 42.5 Å². The molecule has 0 amide bonds. The molecule has 144 valence electrons. The molecule has 0 fully saturated rings. The van der Waals surface area contributed by atoms with Crippen LogP contribution in [-0.4, -0.2) is 13.3 Å². The zero-order valence-corrected chi connectivity index (χ0v) is 16.0. The Hall–Kier alpha value is -3.05. The van der Waals surface area contributed by atoms with Crippen LogP contribution in [0.3, 0.4) is 0 Å². The number of ether oxygens (including phenoxy) is 2. The second-order valence-electron chi connectivity index (χ2n) is 5.93. The largest absolute Gasteiger partial charge is 0.493 e. The topological polar surface area (TPSA) is 40.0 Å². The van der Waals surface area contributed by atoms with Crippen LogP contribution in [0.4, 0.5) is 4.39 Å². The molecule has 0 N–H and O–H groups in total. The number of halogens is 2. The van der Waals surface area contributed by atoms with Gasteiger partial charge in [0.2, 0.25) is 0 Å². The van der Waals surface area contributed by atoms with Gasteiger partial charge in [0.15, 0.2) is 11.5 Å². The molecule has 0 atom stereocenters. The maximum atomic E-state index is 13.1. The first-order valence-corrected chi connectivity index (χ1v) is 8.97. The summed E-state index contributed by atoms with van der Waals surface area (Å²) in [6.45, 7) is 0.570. The van der Waals surface area contributed by atoms with Crippen LogP contribution in [-0.2, 0) is 18.1 Å². The van der Waals surface area contributed by atoms with Crippen LogP contribution in [0.25, 0.3) is 0 Å². The number of benzene rings is 3. The highest BCUT2D eigenvalue weighted by atomic mass is 35.5. The first-order chi connectivity index (χ1) is 13.7. The molecule has 3 rings (SSSR count). The van der Waals surface area contributed by atoms with E-state index < -0.39 is 5.82 Å². The summed E-state index contributed by atoms with van der Waals surface area (Å²) in [6, 6.07) is 19.5. The molecule has 0 radical (unpaired) electrons. The summed E-state index contributed by atoms with van der Waals surface area (Å²) in [6.07, 6.45) is 1.56. The highest BCUT2D eigenvalue weighted by Gasteiger charge is 2.06. The third kappa shape index (κ3) is 5.47. The van der Waals surface area contributed by atoms with Gasteiger partial charge >= 0.3 is 0 Å². The van der Waals surface area contributed by atoms with E-state index in [2.05, 4.69) is 5.16 Å². The second kappa shape index (κ2) is 9.76. The van der Waals surface area contributed by atoms with Gasteiger partial charge in [-0.3, -0.25) is 0 Å². The summed E-state index contributed by atoms with van der Waals surface area (Å²) in [5.41, 5.74) is 2.50. The van der Waals surface area contributed by atoms with Crippen molar-refractivity contribution >= 4 is 17.8 Å². The van der Waals surface area contributed by atoms with Crippen LogP contribution in [0.2, 0.25) is 5.02 Å². The Bertz CT molecular complexity index is 948. The van der Waals surface area contributed by atoms with E-state index in [-0.39, 0.29) is 6.61 Å². The number of oxime groups is 1. The molecule has 0 aliphatic carbocycles. The van der Waals surface area contributed by atoms with Gasteiger partial charge in [-0.1, -0.05) is 53.2 Å². The molecule has 4 nitrogen and oxygen atoms in total. The molecule has 0 aliphatic rings. The highest BCUT2D eigenvalue weighted by molar-refractivity contribution is 6.31. The molecular weight excluding hydrogens is 381 g/mol. The third-order valence-corrected chi connectivity index (χ3v) is 4.29. The highest BCUT2D eigenvalue weighted by Crippen LogP contribution is 2.28. The predicted octanol–water partition coefficient (Wildman–Crippen LogP) is 5.62. The van der Waals surface area contributed by atoms with E-state index >= 15 is 0 Å². The van der Waals surface area contributed by atoms with Gasteiger partial charge in [0, 0.05) is 11.1 Å². The Balaban J connectivity index is 1.62. The SMILES string of the molecule is COc1ccc(C=NOCc2ccc(F)cc2Cl)cc1OCc1ccccc1. The van der Waals surface area contributed by atoms with Gasteiger partial charge in [0.1, 0.15) is 19.0 Å². The molecule has 0 saturated heterocycles. The molecule has 0 bridgehead atoms. The molecule has 3 aromatic rings. The minimum atomic E-state index is -0.390. The molecule has 0 heterocycles. The standard InChI is InChI=1S/C22H19ClFNO3/c1-26-21-10-7-17(11-22(21)27-14-16-5-3-2-4-6-16)13-25-28-15-18-8-9-19(24)12-20(18)23/h2-13H,14-15H2,1H3. The van der Waals surface area contributed by atoms with Crippen LogP contribution in [0.15, 0.2) is 71.9 Å². The van der Waals surface area contributed by atoms with Gasteiger partial charge in [0.25, 0.3) is 0 Å². The number of hydrogen-bond acceptors (Lipinski definition) is 4. The Morgan fingerprint density at radius 1 is 0.964 bits per heavy atom. The summed E-state index contributed by atoms with van der Waals surface area (Å²) in [4.78, 5) is 5.26. The lowest BCUT2D eigenvalue weighted by molar-refractivity contribution is 0.132. The summed E-state index contributed by atoms with van der Waals surface area (Å²) >= 11 is 5.96. The van der Waals surface area contributed by atoms with E-state index in [9.17, 15) is 4.39 Å². The average Bonchev–Trinajstić information content (AvgIpc) is 2.72. The summed E-state index contributed by atoms with van der Waals surface area (Å²) in [5, 5.41) is 4.24. The smallest absolute Gasteiger partial charge is 0.162 e. The van der Waals surface area contributed by atoms with Crippen LogP contribution < -0.4 is 9.47 Å². The van der Waals surface area contributed by atoms with Gasteiger partial charge in [-0.15, -0.1) is 0 Å². The van der Waals surface area contributed by atoms with Crippen molar-refractivity contribution in [3.63, 3.8) is 0 Å². The molecule has 0 spiro atoms. The lowest BCUT2D eigenvalue weighted by Crippen LogP contribution is -1.98. The Labute approximate surface area is 168 Å². The lowest BCUT2D eigenvalue weighted by Gasteiger charge is -2.11. The Kier molecular flexibility index (Phi) is 6.87. The van der Waals surface area contributed by atoms with Crippen molar-refractivity contribution in [2.24, 2.45) is 5.16 Å². The fourth-order valence-corrected chi connectivity index (χ4v) is 2.69. The molecule has 0 unspecified atom stereocenters. The van der Waals surface area contributed by atoms with Crippen molar-refractivity contribution < 1.29 is 18.7 Å². The molecular formula is C22H19ClFNO3. The third-order valence-electron chi connectivity index (χ3n) is 3.94. The quantitative estimate of drug-likeness (QED) is 0.364. The number of nitrogens with zero attached hydrogens (tertiary/aromatic N) is 1. The van der Waals surface area contributed by atoms with E-state index in [0.717, 1.165) is 11.1 Å². The molecule has 0 saturated carbocycles. The molecule has 3 aromatic carbocycles. The molecule has 6 heteroatoms. The van der Waals surface area contributed by atoms with Crippen molar-refractivity contribution in [2.45, 2.75) is 13.2 Å². The first-order valence-electron chi connectivity index (χ1n) is 8.60. The van der Waals surface area contributed by atoms with Gasteiger partial charge in [-0.25, -0.2) is 4.39 Å². The van der Waals surface area contributed by atoms with Gasteiger partial charge in [-0.2, -0.15) is 0 Å². The predicted molar refractivity (Wildman–Crippen MR) is 108 cm³/mol. The minimum absolute atomic E-state index is 0.142. The van der Waals surface area contributed by atoms with Crippen molar-refractivity contribution in [1.29, 1.82) is 0 Å². The van der Waals surface area contributed by atoms with E-state index in [1.54, 1.807) is 25.5 Å². The molecule has 0 aliphatic heterocycles. The minimum Gasteiger partial charge on any atom is -0.493 e. The fraction of sp³-hybridized carbons (Fsp3) is 0.136. The maximum absolute atomic E-state index is 13.1. The van der Waals surface area contributed by atoms with Crippen molar-refractivity contribution in [3.8, 4) is 11.5 Å². The van der Waals surface area contributed by atoms with Crippen LogP contribution in [0, 0.1) is 5.82 Å². The number of hydrogen-bond donors (Lipinski definition) is 0. The second-order valence-corrected chi connectivity index (χ2v) is 6.34. The Morgan fingerprint density at radius 3 is 2.54 bits per heavy atom. The van der Waals surface area contributed by atoms with E-state index in [1.165, 1.54) is 12.1 Å². The van der Waals surface area contributed by atoms with Crippen LogP contribution in [0.5, 0.6) is 11.5 Å². The van der Waals surface area contributed by atoms with Crippen molar-refractivity contribution in [3.05, 3.63) is 94.3 Å². The van der Waals surface area contributed by atoms with E-state index in [0.29, 0.717) is 28.7 Å². The first kappa shape index (κ1) is 19.7. The average molecular weight is 400 g/mol.